The van der Waals surface area contributed by atoms with E-state index in [1.54, 1.807) is 50.4 Å². The highest BCUT2D eigenvalue weighted by molar-refractivity contribution is 6.00. The van der Waals surface area contributed by atoms with Crippen LogP contribution in [-0.4, -0.2) is 38.7 Å². The minimum absolute atomic E-state index is 0.138. The third-order valence-corrected chi connectivity index (χ3v) is 4.01. The van der Waals surface area contributed by atoms with Crippen molar-refractivity contribution in [2.75, 3.05) is 31.0 Å². The first-order chi connectivity index (χ1) is 12.5. The summed E-state index contributed by atoms with van der Waals surface area (Å²) in [5.41, 5.74) is 1.16. The second-order valence-corrected chi connectivity index (χ2v) is 5.83. The van der Waals surface area contributed by atoms with E-state index in [9.17, 15) is 9.59 Å². The average molecular weight is 356 g/mol. The van der Waals surface area contributed by atoms with Gasteiger partial charge in [-0.3, -0.25) is 9.59 Å². The van der Waals surface area contributed by atoms with Gasteiger partial charge in [0.25, 0.3) is 11.8 Å². The number of hydrogen-bond donors (Lipinski definition) is 1. The van der Waals surface area contributed by atoms with Gasteiger partial charge < -0.3 is 24.4 Å². The normalized spacial score (nSPS) is 15.7. The van der Waals surface area contributed by atoms with Gasteiger partial charge in [0, 0.05) is 12.7 Å². The molecule has 26 heavy (non-hydrogen) atoms. The number of benzene rings is 2. The molecule has 0 spiro atoms. The first-order valence-electron chi connectivity index (χ1n) is 8.13. The molecule has 2 amide bonds. The molecule has 0 aliphatic carbocycles. The zero-order chi connectivity index (χ0) is 18.7. The lowest BCUT2D eigenvalue weighted by Gasteiger charge is -2.30. The number of rotatable bonds is 5. The molecule has 1 aliphatic heterocycles. The highest BCUT2D eigenvalue weighted by atomic mass is 16.5. The Bertz CT molecular complexity index is 836. The minimum Gasteiger partial charge on any atom is -0.493 e. The van der Waals surface area contributed by atoms with E-state index in [0.717, 1.165) is 0 Å². The van der Waals surface area contributed by atoms with Gasteiger partial charge in [0.15, 0.2) is 24.2 Å². The predicted molar refractivity (Wildman–Crippen MR) is 97.1 cm³/mol. The molecule has 0 saturated heterocycles. The Morgan fingerprint density at radius 3 is 2.69 bits per heavy atom. The molecule has 1 atom stereocenters. The summed E-state index contributed by atoms with van der Waals surface area (Å²) in [6, 6.07) is 12.2. The van der Waals surface area contributed by atoms with Gasteiger partial charge in [-0.15, -0.1) is 0 Å². The van der Waals surface area contributed by atoms with Gasteiger partial charge in [0.1, 0.15) is 5.75 Å². The SMILES string of the molecule is COc1ccccc1OCC(=O)Nc1ccc2c(c1)N(C)C(=O)[C@@H](C)O2. The molecule has 3 rings (SSSR count). The van der Waals surface area contributed by atoms with Crippen LogP contribution >= 0.6 is 0 Å². The zero-order valence-corrected chi connectivity index (χ0v) is 14.8. The summed E-state index contributed by atoms with van der Waals surface area (Å²) in [6.07, 6.45) is -0.526. The van der Waals surface area contributed by atoms with E-state index in [1.165, 1.54) is 12.0 Å². The summed E-state index contributed by atoms with van der Waals surface area (Å²) in [5.74, 6) is 1.18. The van der Waals surface area contributed by atoms with Crippen LogP contribution in [0, 0.1) is 0 Å². The molecule has 7 nitrogen and oxygen atoms in total. The highest BCUT2D eigenvalue weighted by Gasteiger charge is 2.29. The smallest absolute Gasteiger partial charge is 0.267 e. The fourth-order valence-electron chi connectivity index (χ4n) is 2.67. The third kappa shape index (κ3) is 3.56. The van der Waals surface area contributed by atoms with Crippen molar-refractivity contribution < 1.29 is 23.8 Å². The largest absolute Gasteiger partial charge is 0.493 e. The molecular weight excluding hydrogens is 336 g/mol. The molecule has 136 valence electrons. The topological polar surface area (TPSA) is 77.1 Å². The van der Waals surface area contributed by atoms with Crippen molar-refractivity contribution in [2.24, 2.45) is 0 Å². The van der Waals surface area contributed by atoms with Crippen molar-refractivity contribution in [3.63, 3.8) is 0 Å². The molecule has 7 heteroatoms. The van der Waals surface area contributed by atoms with Crippen LogP contribution in [0.4, 0.5) is 11.4 Å². The number of carbonyl (C=O) groups is 2. The quantitative estimate of drug-likeness (QED) is 0.890. The van der Waals surface area contributed by atoms with E-state index < -0.39 is 6.10 Å². The van der Waals surface area contributed by atoms with Crippen molar-refractivity contribution in [1.29, 1.82) is 0 Å². The van der Waals surface area contributed by atoms with Crippen LogP contribution in [0.25, 0.3) is 0 Å². The van der Waals surface area contributed by atoms with Crippen molar-refractivity contribution in [2.45, 2.75) is 13.0 Å². The van der Waals surface area contributed by atoms with Gasteiger partial charge in [-0.05, 0) is 37.3 Å². The average Bonchev–Trinajstić information content (AvgIpc) is 2.65. The Kier molecular flexibility index (Phi) is 4.97. The molecule has 1 N–H and O–H groups in total. The summed E-state index contributed by atoms with van der Waals surface area (Å²) in [6.45, 7) is 1.53. The van der Waals surface area contributed by atoms with E-state index >= 15 is 0 Å². The second-order valence-electron chi connectivity index (χ2n) is 5.83. The Morgan fingerprint density at radius 2 is 1.96 bits per heavy atom. The molecular formula is C19H20N2O5. The number of carbonyl (C=O) groups excluding carboxylic acids is 2. The second kappa shape index (κ2) is 7.35. The number of nitrogens with zero attached hydrogens (tertiary/aromatic N) is 1. The van der Waals surface area contributed by atoms with E-state index in [4.69, 9.17) is 14.2 Å². The Morgan fingerprint density at radius 1 is 1.23 bits per heavy atom. The van der Waals surface area contributed by atoms with Crippen LogP contribution in [0.2, 0.25) is 0 Å². The summed E-state index contributed by atoms with van der Waals surface area (Å²) in [7, 11) is 3.21. The number of hydrogen-bond acceptors (Lipinski definition) is 5. The lowest BCUT2D eigenvalue weighted by atomic mass is 10.2. The van der Waals surface area contributed by atoms with Gasteiger partial charge in [-0.25, -0.2) is 0 Å². The van der Waals surface area contributed by atoms with Crippen LogP contribution in [0.5, 0.6) is 17.2 Å². The molecule has 0 fully saturated rings. The standard InChI is InChI=1S/C19H20N2O5/c1-12-19(23)21(2)14-10-13(8-9-15(14)26-12)20-18(22)11-25-17-7-5-4-6-16(17)24-3/h4-10,12H,11H2,1-3H3,(H,20,22)/t12-/m1/s1. The van der Waals surface area contributed by atoms with Gasteiger partial charge in [0.05, 0.1) is 12.8 Å². The molecule has 0 unspecified atom stereocenters. The van der Waals surface area contributed by atoms with E-state index in [2.05, 4.69) is 5.32 Å². The molecule has 2 aromatic carbocycles. The molecule has 0 saturated carbocycles. The Hall–Kier alpha value is -3.22. The molecule has 1 aliphatic rings. The Labute approximate surface area is 151 Å². The number of anilines is 2. The van der Waals surface area contributed by atoms with Crippen LogP contribution in [0.3, 0.4) is 0 Å². The molecule has 0 radical (unpaired) electrons. The van der Waals surface area contributed by atoms with Gasteiger partial charge >= 0.3 is 0 Å². The van der Waals surface area contributed by atoms with Crippen molar-refractivity contribution in [3.8, 4) is 17.2 Å². The summed E-state index contributed by atoms with van der Waals surface area (Å²) >= 11 is 0. The molecule has 0 bridgehead atoms. The minimum atomic E-state index is -0.526. The maximum Gasteiger partial charge on any atom is 0.267 e. The maximum atomic E-state index is 12.2. The number of para-hydroxylation sites is 2. The number of likely N-dealkylation sites (N-methyl/N-ethyl adjacent to an activating group) is 1. The van der Waals surface area contributed by atoms with Gasteiger partial charge in [-0.2, -0.15) is 0 Å². The van der Waals surface area contributed by atoms with Gasteiger partial charge in [-0.1, -0.05) is 12.1 Å². The van der Waals surface area contributed by atoms with E-state index in [1.807, 2.05) is 6.07 Å². The van der Waals surface area contributed by atoms with Crippen molar-refractivity contribution in [1.82, 2.24) is 0 Å². The van der Waals surface area contributed by atoms with E-state index in [0.29, 0.717) is 28.6 Å². The van der Waals surface area contributed by atoms with Crippen molar-refractivity contribution in [3.05, 3.63) is 42.5 Å². The molecule has 0 aromatic heterocycles. The monoisotopic (exact) mass is 356 g/mol. The number of amides is 2. The fraction of sp³-hybridized carbons (Fsp3) is 0.263. The summed E-state index contributed by atoms with van der Waals surface area (Å²) < 4.78 is 16.2. The first-order valence-corrected chi connectivity index (χ1v) is 8.13. The van der Waals surface area contributed by atoms with Crippen molar-refractivity contribution >= 4 is 23.2 Å². The fourth-order valence-corrected chi connectivity index (χ4v) is 2.67. The third-order valence-electron chi connectivity index (χ3n) is 4.01. The lowest BCUT2D eigenvalue weighted by molar-refractivity contribution is -0.125. The molecule has 2 aromatic rings. The summed E-state index contributed by atoms with van der Waals surface area (Å²) in [5, 5.41) is 2.75. The molecule has 1 heterocycles. The number of fused-ring (bicyclic) bond motifs is 1. The van der Waals surface area contributed by atoms with E-state index in [-0.39, 0.29) is 18.4 Å². The highest BCUT2D eigenvalue weighted by Crippen LogP contribution is 2.35. The number of ether oxygens (including phenoxy) is 3. The summed E-state index contributed by atoms with van der Waals surface area (Å²) in [4.78, 5) is 25.7. The number of methoxy groups -OCH3 is 1. The first kappa shape index (κ1) is 17.6. The van der Waals surface area contributed by atoms with Crippen LogP contribution in [-0.2, 0) is 9.59 Å². The van der Waals surface area contributed by atoms with Crippen LogP contribution < -0.4 is 24.4 Å². The van der Waals surface area contributed by atoms with Crippen LogP contribution in [0.1, 0.15) is 6.92 Å². The number of nitrogens with one attached hydrogen (secondary N) is 1. The zero-order valence-electron chi connectivity index (χ0n) is 14.8. The van der Waals surface area contributed by atoms with Gasteiger partial charge in [0.2, 0.25) is 0 Å². The maximum absolute atomic E-state index is 12.2. The lowest BCUT2D eigenvalue weighted by Crippen LogP contribution is -2.42. The Balaban J connectivity index is 1.66. The predicted octanol–water partition coefficient (Wildman–Crippen LogP) is 2.46. The van der Waals surface area contributed by atoms with Crippen LogP contribution in [0.15, 0.2) is 42.5 Å².